The van der Waals surface area contributed by atoms with E-state index in [1.807, 2.05) is 60.7 Å². The van der Waals surface area contributed by atoms with Crippen LogP contribution in [0.15, 0.2) is 72.4 Å². The Morgan fingerprint density at radius 2 is 1.91 bits per heavy atom. The van der Waals surface area contributed by atoms with E-state index < -0.39 is 24.4 Å². The van der Waals surface area contributed by atoms with E-state index in [9.17, 15) is 9.59 Å². The second-order valence-corrected chi connectivity index (χ2v) is 8.77. The van der Waals surface area contributed by atoms with Crippen molar-refractivity contribution >= 4 is 23.5 Å². The predicted octanol–water partition coefficient (Wildman–Crippen LogP) is 4.04. The van der Waals surface area contributed by atoms with Gasteiger partial charge in [0, 0.05) is 29.5 Å². The van der Waals surface area contributed by atoms with Crippen molar-refractivity contribution in [2.24, 2.45) is 5.73 Å². The van der Waals surface area contributed by atoms with Crippen LogP contribution in [0.5, 0.6) is 0 Å². The maximum atomic E-state index is 12.4. The molecule has 2 amide bonds. The van der Waals surface area contributed by atoms with Crippen LogP contribution in [0.3, 0.4) is 0 Å². The minimum absolute atomic E-state index is 0.151. The Hall–Kier alpha value is -3.39. The fourth-order valence-corrected chi connectivity index (χ4v) is 4.85. The zero-order chi connectivity index (χ0) is 22.3. The summed E-state index contributed by atoms with van der Waals surface area (Å²) in [5.74, 6) is -0.252. The minimum atomic E-state index is -0.894. The van der Waals surface area contributed by atoms with Gasteiger partial charge in [0.1, 0.15) is 12.2 Å². The molecule has 0 saturated carbocycles. The van der Waals surface area contributed by atoms with Gasteiger partial charge >= 0.3 is 12.2 Å². The van der Waals surface area contributed by atoms with Crippen LogP contribution in [0.2, 0.25) is 0 Å². The molecule has 4 atom stereocenters. The fourth-order valence-electron chi connectivity index (χ4n) is 4.19. The van der Waals surface area contributed by atoms with Crippen LogP contribution in [0.4, 0.5) is 9.59 Å². The van der Waals surface area contributed by atoms with E-state index in [0.29, 0.717) is 19.3 Å². The molecule has 0 aliphatic carbocycles. The Bertz CT molecular complexity index is 1010. The van der Waals surface area contributed by atoms with Crippen LogP contribution in [0, 0.1) is 0 Å². The van der Waals surface area contributed by atoms with Crippen LogP contribution in [0.1, 0.15) is 28.3 Å². The maximum absolute atomic E-state index is 12.4. The molecular weight excluding hydrogens is 426 g/mol. The predicted molar refractivity (Wildman–Crippen MR) is 121 cm³/mol. The lowest BCUT2D eigenvalue weighted by Crippen LogP contribution is -2.52. The molecule has 7 nitrogen and oxygen atoms in total. The third-order valence-corrected chi connectivity index (χ3v) is 6.37. The maximum Gasteiger partial charge on any atom is 0.407 e. The summed E-state index contributed by atoms with van der Waals surface area (Å²) in [4.78, 5) is 29.5. The van der Waals surface area contributed by atoms with Crippen LogP contribution < -0.4 is 11.1 Å². The molecule has 1 aliphatic rings. The van der Waals surface area contributed by atoms with E-state index in [0.717, 1.165) is 16.0 Å². The molecule has 3 N–H and O–H groups in total. The van der Waals surface area contributed by atoms with Gasteiger partial charge in [0.25, 0.3) is 0 Å². The molecule has 2 aromatic carbocycles. The fraction of sp³-hybridized carbons (Fsp3) is 0.292. The minimum Gasteiger partial charge on any atom is -0.442 e. The summed E-state index contributed by atoms with van der Waals surface area (Å²) in [7, 11) is 0. The zero-order valence-corrected chi connectivity index (χ0v) is 18.2. The lowest BCUT2D eigenvalue weighted by atomic mass is 9.84. The second-order valence-electron chi connectivity index (χ2n) is 7.80. The highest BCUT2D eigenvalue weighted by molar-refractivity contribution is 7.09. The number of rotatable bonds is 8. The van der Waals surface area contributed by atoms with Crippen LogP contribution in [-0.4, -0.2) is 35.4 Å². The van der Waals surface area contributed by atoms with Crippen molar-refractivity contribution in [3.63, 3.8) is 0 Å². The highest BCUT2D eigenvalue weighted by Crippen LogP contribution is 2.33. The van der Waals surface area contributed by atoms with Gasteiger partial charge in [0.05, 0.1) is 5.51 Å². The smallest absolute Gasteiger partial charge is 0.407 e. The summed E-state index contributed by atoms with van der Waals surface area (Å²) < 4.78 is 11.3. The van der Waals surface area contributed by atoms with Crippen molar-refractivity contribution in [2.75, 3.05) is 0 Å². The molecule has 0 bridgehead atoms. The molecule has 2 heterocycles. The van der Waals surface area contributed by atoms with Crippen molar-refractivity contribution in [2.45, 2.75) is 43.4 Å². The van der Waals surface area contributed by atoms with Crippen molar-refractivity contribution in [3.05, 3.63) is 88.4 Å². The monoisotopic (exact) mass is 451 g/mol. The number of ether oxygens (including phenoxy) is 2. The molecule has 0 spiro atoms. The number of thiazole rings is 1. The number of amides is 2. The van der Waals surface area contributed by atoms with Gasteiger partial charge in [-0.05, 0) is 24.0 Å². The number of alkyl carbamates (subject to hydrolysis) is 1. The van der Waals surface area contributed by atoms with Gasteiger partial charge in [-0.25, -0.2) is 9.59 Å². The number of cyclic esters (lactones) is 1. The molecule has 166 valence electrons. The van der Waals surface area contributed by atoms with E-state index in [1.165, 1.54) is 11.3 Å². The van der Waals surface area contributed by atoms with Gasteiger partial charge in [-0.1, -0.05) is 60.7 Å². The van der Waals surface area contributed by atoms with Gasteiger partial charge in [-0.3, -0.25) is 4.98 Å². The molecule has 32 heavy (non-hydrogen) atoms. The van der Waals surface area contributed by atoms with E-state index in [2.05, 4.69) is 10.3 Å². The normalized spacial score (nSPS) is 19.9. The molecule has 1 fully saturated rings. The molecular formula is C24H25N3O4S. The van der Waals surface area contributed by atoms with Gasteiger partial charge < -0.3 is 20.5 Å². The van der Waals surface area contributed by atoms with Crippen molar-refractivity contribution < 1.29 is 19.1 Å². The number of aromatic nitrogens is 1. The molecule has 1 aliphatic heterocycles. The number of nitrogens with two attached hydrogens (primary N) is 1. The molecule has 1 aromatic heterocycles. The third-order valence-electron chi connectivity index (χ3n) is 5.57. The standard InChI is InChI=1S/C24H25N3O4S/c25-23(28)31-22(20(13-19-14-26-15-32-19)17-9-5-2-6-10-17)21-12-18(27-24(29)30-21)11-16-7-3-1-4-8-16/h1-10,14-15,18,20-22H,11-13H2,(H2,25,28)(H,27,29)/t18-,20?,21-,22-/m0/s1. The summed E-state index contributed by atoms with van der Waals surface area (Å²) in [5, 5.41) is 2.89. The van der Waals surface area contributed by atoms with Crippen molar-refractivity contribution in [1.82, 2.24) is 10.3 Å². The summed E-state index contributed by atoms with van der Waals surface area (Å²) >= 11 is 1.53. The van der Waals surface area contributed by atoms with Crippen LogP contribution in [-0.2, 0) is 22.3 Å². The molecule has 3 aromatic rings. The van der Waals surface area contributed by atoms with Gasteiger partial charge in [0.15, 0.2) is 0 Å². The molecule has 8 heteroatoms. The lowest BCUT2D eigenvalue weighted by Gasteiger charge is -2.37. The van der Waals surface area contributed by atoms with Gasteiger partial charge in [-0.2, -0.15) is 0 Å². The third kappa shape index (κ3) is 5.64. The number of nitrogens with zero attached hydrogens (tertiary/aromatic N) is 1. The highest BCUT2D eigenvalue weighted by Gasteiger charge is 2.40. The molecule has 0 radical (unpaired) electrons. The molecule has 4 rings (SSSR count). The van der Waals surface area contributed by atoms with Crippen LogP contribution in [0.25, 0.3) is 0 Å². The van der Waals surface area contributed by atoms with Crippen molar-refractivity contribution in [3.8, 4) is 0 Å². The van der Waals surface area contributed by atoms with Crippen molar-refractivity contribution in [1.29, 1.82) is 0 Å². The molecule has 1 unspecified atom stereocenters. The van der Waals surface area contributed by atoms with Crippen LogP contribution >= 0.6 is 11.3 Å². The number of carbonyl (C=O) groups excluding carboxylic acids is 2. The first-order chi connectivity index (χ1) is 15.6. The Labute approximate surface area is 190 Å². The molecule has 1 saturated heterocycles. The number of nitrogens with one attached hydrogen (secondary N) is 1. The van der Waals surface area contributed by atoms with Gasteiger partial charge in [0.2, 0.25) is 0 Å². The first kappa shape index (κ1) is 21.8. The van der Waals surface area contributed by atoms with E-state index in [1.54, 1.807) is 11.7 Å². The van der Waals surface area contributed by atoms with E-state index in [4.69, 9.17) is 15.2 Å². The quantitative estimate of drug-likeness (QED) is 0.538. The SMILES string of the molecule is NC(=O)O[C@@H](C(Cc1cncs1)c1ccccc1)[C@@H]1C[C@H](Cc2ccccc2)NC(=O)O1. The number of benzene rings is 2. The average molecular weight is 452 g/mol. The van der Waals surface area contributed by atoms with Gasteiger partial charge in [-0.15, -0.1) is 11.3 Å². The first-order valence-electron chi connectivity index (χ1n) is 10.5. The largest absolute Gasteiger partial charge is 0.442 e. The number of primary amides is 1. The van der Waals surface area contributed by atoms with E-state index >= 15 is 0 Å². The Balaban J connectivity index is 1.62. The Morgan fingerprint density at radius 1 is 1.19 bits per heavy atom. The number of hydrogen-bond donors (Lipinski definition) is 2. The highest BCUT2D eigenvalue weighted by atomic mass is 32.1. The summed E-state index contributed by atoms with van der Waals surface area (Å²) in [5.41, 5.74) is 9.30. The average Bonchev–Trinajstić information content (AvgIpc) is 3.30. The number of hydrogen-bond acceptors (Lipinski definition) is 6. The Kier molecular flexibility index (Phi) is 7.01. The topological polar surface area (TPSA) is 104 Å². The lowest BCUT2D eigenvalue weighted by molar-refractivity contribution is -0.0402. The van der Waals surface area contributed by atoms with E-state index in [-0.39, 0.29) is 12.0 Å². The summed E-state index contributed by atoms with van der Waals surface area (Å²) in [6, 6.07) is 19.5. The number of carbonyl (C=O) groups is 2. The second kappa shape index (κ2) is 10.3. The summed E-state index contributed by atoms with van der Waals surface area (Å²) in [6.45, 7) is 0. The zero-order valence-electron chi connectivity index (χ0n) is 17.4. The first-order valence-corrected chi connectivity index (χ1v) is 11.4. The Morgan fingerprint density at radius 3 is 2.56 bits per heavy atom. The summed E-state index contributed by atoms with van der Waals surface area (Å²) in [6.07, 6.45) is 0.737.